The van der Waals surface area contributed by atoms with E-state index in [1.54, 1.807) is 44.2 Å². The lowest BCUT2D eigenvalue weighted by Gasteiger charge is -2.12. The van der Waals surface area contributed by atoms with Crippen LogP contribution in [0.5, 0.6) is 5.75 Å². The minimum absolute atomic E-state index is 0.207. The smallest absolute Gasteiger partial charge is 0.294 e. The summed E-state index contributed by atoms with van der Waals surface area (Å²) in [7, 11) is 0. The van der Waals surface area contributed by atoms with Crippen LogP contribution in [0.4, 0.5) is 10.5 Å². The minimum Gasteiger partial charge on any atom is -0.507 e. The van der Waals surface area contributed by atoms with Gasteiger partial charge in [0.1, 0.15) is 12.3 Å². The van der Waals surface area contributed by atoms with E-state index in [-0.39, 0.29) is 17.2 Å². The number of carbonyl (C=O) groups is 3. The molecule has 6 nitrogen and oxygen atoms in total. The van der Waals surface area contributed by atoms with Crippen LogP contribution in [-0.2, 0) is 9.59 Å². The van der Waals surface area contributed by atoms with E-state index in [4.69, 9.17) is 0 Å². The molecule has 0 spiro atoms. The predicted molar refractivity (Wildman–Crippen MR) is 110 cm³/mol. The monoisotopic (exact) mass is 396 g/mol. The molecular weight excluding hydrogens is 376 g/mol. The number of aromatic hydroxyl groups is 1. The Hall–Kier alpha value is -3.06. The van der Waals surface area contributed by atoms with E-state index >= 15 is 0 Å². The third kappa shape index (κ3) is 4.26. The lowest BCUT2D eigenvalue weighted by molar-refractivity contribution is -0.127. The fourth-order valence-electron chi connectivity index (χ4n) is 2.93. The largest absolute Gasteiger partial charge is 0.507 e. The standard InChI is InChI=1S/C21H20N2O4S/c1-12-5-4-6-16(7-12)22-18(24)11-23-20(26)17(28-21(23)27)10-15-8-13(2)19(25)14(3)9-15/h4-10,25H,11H2,1-3H3,(H,22,24)/b17-10-. The van der Waals surface area contributed by atoms with Crippen molar-refractivity contribution < 1.29 is 19.5 Å². The van der Waals surface area contributed by atoms with Crippen LogP contribution in [0.25, 0.3) is 6.08 Å². The summed E-state index contributed by atoms with van der Waals surface area (Å²) in [6.07, 6.45) is 1.60. The molecule has 2 aromatic rings. The van der Waals surface area contributed by atoms with E-state index in [1.165, 1.54) is 0 Å². The molecule has 0 bridgehead atoms. The number of benzene rings is 2. The number of hydrogen-bond acceptors (Lipinski definition) is 5. The highest BCUT2D eigenvalue weighted by Gasteiger charge is 2.36. The lowest BCUT2D eigenvalue weighted by atomic mass is 10.1. The molecule has 1 aliphatic heterocycles. The van der Waals surface area contributed by atoms with Gasteiger partial charge in [0.2, 0.25) is 5.91 Å². The Morgan fingerprint density at radius 3 is 2.46 bits per heavy atom. The summed E-state index contributed by atoms with van der Waals surface area (Å²) < 4.78 is 0. The van der Waals surface area contributed by atoms with Crippen LogP contribution in [0.15, 0.2) is 41.3 Å². The molecule has 1 heterocycles. The number of phenolic OH excluding ortho intramolecular Hbond substituents is 1. The fraction of sp³-hybridized carbons (Fsp3) is 0.190. The third-order valence-electron chi connectivity index (χ3n) is 4.29. The van der Waals surface area contributed by atoms with Gasteiger partial charge in [-0.05, 0) is 85.1 Å². The van der Waals surface area contributed by atoms with Gasteiger partial charge in [-0.3, -0.25) is 19.3 Å². The van der Waals surface area contributed by atoms with Gasteiger partial charge in [-0.15, -0.1) is 0 Å². The van der Waals surface area contributed by atoms with Crippen LogP contribution in [0.1, 0.15) is 22.3 Å². The van der Waals surface area contributed by atoms with Crippen molar-refractivity contribution in [3.05, 3.63) is 63.6 Å². The van der Waals surface area contributed by atoms with Crippen LogP contribution >= 0.6 is 11.8 Å². The Morgan fingerprint density at radius 2 is 1.82 bits per heavy atom. The molecule has 1 aliphatic rings. The number of rotatable bonds is 4. The van der Waals surface area contributed by atoms with Crippen molar-refractivity contribution in [1.29, 1.82) is 0 Å². The Bertz CT molecular complexity index is 990. The molecule has 2 N–H and O–H groups in total. The Kier molecular flexibility index (Phi) is 5.56. The van der Waals surface area contributed by atoms with Crippen molar-refractivity contribution in [2.75, 3.05) is 11.9 Å². The van der Waals surface area contributed by atoms with E-state index in [2.05, 4.69) is 5.32 Å². The Balaban J connectivity index is 1.73. The van der Waals surface area contributed by atoms with Crippen LogP contribution in [0.2, 0.25) is 0 Å². The number of hydrogen-bond donors (Lipinski definition) is 2. The Morgan fingerprint density at radius 1 is 1.14 bits per heavy atom. The number of imide groups is 1. The first-order chi connectivity index (χ1) is 13.2. The maximum absolute atomic E-state index is 12.6. The third-order valence-corrected chi connectivity index (χ3v) is 5.20. The van der Waals surface area contributed by atoms with Gasteiger partial charge in [0, 0.05) is 5.69 Å². The first-order valence-corrected chi connectivity index (χ1v) is 9.48. The zero-order chi connectivity index (χ0) is 20.4. The number of thioether (sulfide) groups is 1. The molecule has 7 heteroatoms. The highest BCUT2D eigenvalue weighted by atomic mass is 32.2. The van der Waals surface area contributed by atoms with E-state index < -0.39 is 17.1 Å². The van der Waals surface area contributed by atoms with Gasteiger partial charge in [0.25, 0.3) is 11.1 Å². The fourth-order valence-corrected chi connectivity index (χ4v) is 3.77. The topological polar surface area (TPSA) is 86.7 Å². The van der Waals surface area contributed by atoms with Crippen molar-refractivity contribution >= 4 is 40.6 Å². The molecule has 0 aromatic heterocycles. The molecule has 144 valence electrons. The van der Waals surface area contributed by atoms with Gasteiger partial charge in [0.15, 0.2) is 0 Å². The average Bonchev–Trinajstić information content (AvgIpc) is 2.87. The summed E-state index contributed by atoms with van der Waals surface area (Å²) in [5.41, 5.74) is 3.68. The van der Waals surface area contributed by atoms with Crippen molar-refractivity contribution in [3.63, 3.8) is 0 Å². The second kappa shape index (κ2) is 7.90. The van der Waals surface area contributed by atoms with Crippen molar-refractivity contribution in [2.45, 2.75) is 20.8 Å². The zero-order valence-electron chi connectivity index (χ0n) is 15.8. The van der Waals surface area contributed by atoms with Crippen LogP contribution in [0.3, 0.4) is 0 Å². The van der Waals surface area contributed by atoms with E-state index in [0.29, 0.717) is 22.4 Å². The predicted octanol–water partition coefficient (Wildman–Crippen LogP) is 3.99. The SMILES string of the molecule is Cc1cccc(NC(=O)CN2C(=O)S/C(=C\c3cc(C)c(O)c(C)c3)C2=O)c1. The zero-order valence-corrected chi connectivity index (χ0v) is 16.6. The Labute approximate surface area is 167 Å². The summed E-state index contributed by atoms with van der Waals surface area (Å²) in [6, 6.07) is 10.7. The van der Waals surface area contributed by atoms with Crippen LogP contribution in [-0.4, -0.2) is 33.6 Å². The first kappa shape index (κ1) is 19.7. The number of nitrogens with one attached hydrogen (secondary N) is 1. The normalized spacial score (nSPS) is 15.4. The summed E-state index contributed by atoms with van der Waals surface area (Å²) in [6.45, 7) is 5.09. The van der Waals surface area contributed by atoms with Crippen LogP contribution < -0.4 is 5.32 Å². The van der Waals surface area contributed by atoms with Crippen molar-refractivity contribution in [1.82, 2.24) is 4.90 Å². The number of anilines is 1. The first-order valence-electron chi connectivity index (χ1n) is 8.66. The van der Waals surface area contributed by atoms with E-state index in [0.717, 1.165) is 22.2 Å². The molecule has 0 atom stereocenters. The molecule has 0 aliphatic carbocycles. The molecule has 3 amide bonds. The molecular formula is C21H20N2O4S. The summed E-state index contributed by atoms with van der Waals surface area (Å²) >= 11 is 0.799. The molecule has 0 unspecified atom stereocenters. The molecule has 0 saturated carbocycles. The summed E-state index contributed by atoms with van der Waals surface area (Å²) in [5, 5.41) is 12.1. The van der Waals surface area contributed by atoms with Gasteiger partial charge < -0.3 is 10.4 Å². The van der Waals surface area contributed by atoms with Crippen LogP contribution in [0, 0.1) is 20.8 Å². The van der Waals surface area contributed by atoms with Gasteiger partial charge >= 0.3 is 0 Å². The van der Waals surface area contributed by atoms with Crippen molar-refractivity contribution in [3.8, 4) is 5.75 Å². The molecule has 0 radical (unpaired) electrons. The minimum atomic E-state index is -0.502. The lowest BCUT2D eigenvalue weighted by Crippen LogP contribution is -2.36. The maximum atomic E-state index is 12.6. The van der Waals surface area contributed by atoms with Gasteiger partial charge in [-0.1, -0.05) is 12.1 Å². The molecule has 3 rings (SSSR count). The second-order valence-electron chi connectivity index (χ2n) is 6.69. The number of nitrogens with zero attached hydrogens (tertiary/aromatic N) is 1. The quantitative estimate of drug-likeness (QED) is 0.763. The van der Waals surface area contributed by atoms with Gasteiger partial charge in [-0.25, -0.2) is 0 Å². The number of carbonyl (C=O) groups excluding carboxylic acids is 3. The highest BCUT2D eigenvalue weighted by molar-refractivity contribution is 8.18. The molecule has 28 heavy (non-hydrogen) atoms. The molecule has 1 saturated heterocycles. The maximum Gasteiger partial charge on any atom is 0.294 e. The molecule has 1 fully saturated rings. The highest BCUT2D eigenvalue weighted by Crippen LogP contribution is 2.33. The van der Waals surface area contributed by atoms with Gasteiger partial charge in [-0.2, -0.15) is 0 Å². The molecule has 2 aromatic carbocycles. The summed E-state index contributed by atoms with van der Waals surface area (Å²) in [5.74, 6) is -0.735. The number of aryl methyl sites for hydroxylation is 3. The number of phenols is 1. The van der Waals surface area contributed by atoms with Crippen molar-refractivity contribution in [2.24, 2.45) is 0 Å². The number of amides is 3. The van der Waals surface area contributed by atoms with Gasteiger partial charge in [0.05, 0.1) is 4.91 Å². The van der Waals surface area contributed by atoms with E-state index in [9.17, 15) is 19.5 Å². The average molecular weight is 396 g/mol. The summed E-state index contributed by atoms with van der Waals surface area (Å²) in [4.78, 5) is 38.2. The van der Waals surface area contributed by atoms with E-state index in [1.807, 2.05) is 19.1 Å². The second-order valence-corrected chi connectivity index (χ2v) is 7.68.